The van der Waals surface area contributed by atoms with E-state index in [2.05, 4.69) is 40.9 Å². The van der Waals surface area contributed by atoms with E-state index >= 15 is 0 Å². The molecule has 9 heteroatoms. The Labute approximate surface area is 171 Å². The largest absolute Gasteiger partial charge is 0.363 e. The molecule has 0 aromatic carbocycles. The van der Waals surface area contributed by atoms with Crippen molar-refractivity contribution in [2.45, 2.75) is 20.8 Å². The molecule has 1 fully saturated rings. The van der Waals surface area contributed by atoms with Crippen LogP contribution in [0.2, 0.25) is 0 Å². The van der Waals surface area contributed by atoms with E-state index in [9.17, 15) is 0 Å². The van der Waals surface area contributed by atoms with Crippen LogP contribution in [0.1, 0.15) is 17.2 Å². The lowest BCUT2D eigenvalue weighted by molar-refractivity contribution is 0.632. The number of nitrogens with zero attached hydrogens (tertiary/aromatic N) is 9. The van der Waals surface area contributed by atoms with E-state index in [1.165, 1.54) is 0 Å². The van der Waals surface area contributed by atoms with Gasteiger partial charge in [0.05, 0.1) is 5.69 Å². The quantitative estimate of drug-likeness (QED) is 0.664. The van der Waals surface area contributed by atoms with Crippen molar-refractivity contribution in [2.75, 3.05) is 55.0 Å². The van der Waals surface area contributed by atoms with Gasteiger partial charge in [-0.05, 0) is 32.9 Å². The van der Waals surface area contributed by atoms with E-state index < -0.39 is 0 Å². The van der Waals surface area contributed by atoms with Crippen LogP contribution >= 0.6 is 0 Å². The predicted molar refractivity (Wildman–Crippen MR) is 114 cm³/mol. The Morgan fingerprint density at radius 3 is 2.21 bits per heavy atom. The minimum atomic E-state index is 0.745. The molecule has 0 saturated carbocycles. The molecule has 4 rings (SSSR count). The summed E-state index contributed by atoms with van der Waals surface area (Å²) < 4.78 is 1.88. The Hall–Kier alpha value is -3.23. The second-order valence-electron chi connectivity index (χ2n) is 7.55. The number of hydrogen-bond donors (Lipinski definition) is 0. The molecule has 0 N–H and O–H groups in total. The third-order valence-corrected chi connectivity index (χ3v) is 5.01. The molecule has 152 valence electrons. The minimum absolute atomic E-state index is 0.745. The summed E-state index contributed by atoms with van der Waals surface area (Å²) in [6, 6.07) is 5.99. The van der Waals surface area contributed by atoms with Crippen molar-refractivity contribution in [2.24, 2.45) is 0 Å². The standard InChI is InChI=1S/C20H27N9/c1-14-12-15(2)29(25-14)19-13-18(22-16(3)23-19)27-8-10-28(11-9-27)20-21-7-6-17(24-20)26(4)5/h6-7,12-13H,8-11H2,1-5H3. The lowest BCUT2D eigenvalue weighted by Crippen LogP contribution is -2.47. The average molecular weight is 393 g/mol. The number of aromatic nitrogens is 6. The molecule has 9 nitrogen and oxygen atoms in total. The topological polar surface area (TPSA) is 79.1 Å². The van der Waals surface area contributed by atoms with Gasteiger partial charge in [0.15, 0.2) is 5.82 Å². The summed E-state index contributed by atoms with van der Waals surface area (Å²) in [4.78, 5) is 24.9. The lowest BCUT2D eigenvalue weighted by Gasteiger charge is -2.35. The maximum absolute atomic E-state index is 4.67. The third-order valence-electron chi connectivity index (χ3n) is 5.01. The number of rotatable bonds is 4. The van der Waals surface area contributed by atoms with Crippen LogP contribution in [-0.4, -0.2) is 70.0 Å². The van der Waals surface area contributed by atoms with E-state index in [0.717, 1.165) is 66.8 Å². The molecule has 1 aliphatic rings. The van der Waals surface area contributed by atoms with Crippen molar-refractivity contribution in [3.63, 3.8) is 0 Å². The number of aryl methyl sites for hydroxylation is 3. The Morgan fingerprint density at radius 2 is 1.55 bits per heavy atom. The van der Waals surface area contributed by atoms with Crippen LogP contribution in [0.15, 0.2) is 24.4 Å². The first-order chi connectivity index (χ1) is 13.9. The lowest BCUT2D eigenvalue weighted by atomic mass is 10.3. The van der Waals surface area contributed by atoms with Gasteiger partial charge in [-0.15, -0.1) is 0 Å². The van der Waals surface area contributed by atoms with Crippen LogP contribution < -0.4 is 14.7 Å². The minimum Gasteiger partial charge on any atom is -0.363 e. The molecule has 29 heavy (non-hydrogen) atoms. The Bertz CT molecular complexity index is 1000. The first-order valence-electron chi connectivity index (χ1n) is 9.80. The molecule has 0 spiro atoms. The molecule has 0 unspecified atom stereocenters. The van der Waals surface area contributed by atoms with Crippen molar-refractivity contribution in [3.8, 4) is 5.82 Å². The van der Waals surface area contributed by atoms with E-state index in [0.29, 0.717) is 0 Å². The fourth-order valence-corrected chi connectivity index (χ4v) is 3.54. The van der Waals surface area contributed by atoms with Gasteiger partial charge in [0.2, 0.25) is 5.95 Å². The zero-order valence-corrected chi connectivity index (χ0v) is 17.7. The molecule has 0 bridgehead atoms. The molecular formula is C20H27N9. The van der Waals surface area contributed by atoms with E-state index in [1.807, 2.05) is 62.8 Å². The smallest absolute Gasteiger partial charge is 0.227 e. The molecule has 3 aromatic heterocycles. The second kappa shape index (κ2) is 7.65. The van der Waals surface area contributed by atoms with Gasteiger partial charge >= 0.3 is 0 Å². The van der Waals surface area contributed by atoms with Crippen molar-refractivity contribution >= 4 is 17.6 Å². The normalized spacial score (nSPS) is 14.4. The van der Waals surface area contributed by atoms with E-state index in [4.69, 9.17) is 0 Å². The SMILES string of the molecule is Cc1cc(C)n(-c2cc(N3CCN(c4nccc(N(C)C)n4)CC3)nc(C)n2)n1. The summed E-state index contributed by atoms with van der Waals surface area (Å²) in [6.07, 6.45) is 1.82. The molecule has 0 radical (unpaired) electrons. The van der Waals surface area contributed by atoms with Gasteiger partial charge < -0.3 is 14.7 Å². The molecule has 3 aromatic rings. The van der Waals surface area contributed by atoms with E-state index in [-0.39, 0.29) is 0 Å². The van der Waals surface area contributed by atoms with Gasteiger partial charge in [-0.1, -0.05) is 0 Å². The molecule has 1 saturated heterocycles. The number of anilines is 3. The summed E-state index contributed by atoms with van der Waals surface area (Å²) in [5.41, 5.74) is 2.04. The first kappa shape index (κ1) is 19.1. The van der Waals surface area contributed by atoms with Crippen LogP contribution in [0.25, 0.3) is 5.82 Å². The summed E-state index contributed by atoms with van der Waals surface area (Å²) >= 11 is 0. The monoisotopic (exact) mass is 393 g/mol. The Morgan fingerprint density at radius 1 is 0.862 bits per heavy atom. The van der Waals surface area contributed by atoms with Crippen molar-refractivity contribution in [3.05, 3.63) is 41.6 Å². The van der Waals surface area contributed by atoms with Gasteiger partial charge in [-0.3, -0.25) is 0 Å². The highest BCUT2D eigenvalue weighted by atomic mass is 15.4. The van der Waals surface area contributed by atoms with Gasteiger partial charge in [-0.2, -0.15) is 10.1 Å². The third kappa shape index (κ3) is 3.98. The van der Waals surface area contributed by atoms with Crippen LogP contribution in [0, 0.1) is 20.8 Å². The summed E-state index contributed by atoms with van der Waals surface area (Å²) in [6.45, 7) is 9.34. The Kier molecular flexibility index (Phi) is 5.04. The number of piperazine rings is 1. The summed E-state index contributed by atoms with van der Waals surface area (Å²) in [7, 11) is 3.98. The highest BCUT2D eigenvalue weighted by molar-refractivity contribution is 5.48. The molecular weight excluding hydrogens is 366 g/mol. The predicted octanol–water partition coefficient (Wildman–Crippen LogP) is 1.77. The zero-order chi connectivity index (χ0) is 20.5. The zero-order valence-electron chi connectivity index (χ0n) is 17.7. The van der Waals surface area contributed by atoms with Gasteiger partial charge in [0.1, 0.15) is 17.5 Å². The van der Waals surface area contributed by atoms with Gasteiger partial charge in [0, 0.05) is 58.2 Å². The van der Waals surface area contributed by atoms with Crippen molar-refractivity contribution in [1.29, 1.82) is 0 Å². The fourth-order valence-electron chi connectivity index (χ4n) is 3.54. The molecule has 0 amide bonds. The van der Waals surface area contributed by atoms with Crippen molar-refractivity contribution in [1.82, 2.24) is 29.7 Å². The number of hydrogen-bond acceptors (Lipinski definition) is 8. The van der Waals surface area contributed by atoms with Crippen LogP contribution in [0.4, 0.5) is 17.6 Å². The van der Waals surface area contributed by atoms with Crippen LogP contribution in [-0.2, 0) is 0 Å². The molecule has 1 aliphatic heterocycles. The first-order valence-corrected chi connectivity index (χ1v) is 9.80. The highest BCUT2D eigenvalue weighted by Gasteiger charge is 2.21. The van der Waals surface area contributed by atoms with Crippen LogP contribution in [0.5, 0.6) is 0 Å². The Balaban J connectivity index is 1.52. The highest BCUT2D eigenvalue weighted by Crippen LogP contribution is 2.21. The summed E-state index contributed by atoms with van der Waals surface area (Å²) in [5, 5.41) is 4.56. The summed E-state index contributed by atoms with van der Waals surface area (Å²) in [5.74, 6) is 4.18. The average Bonchev–Trinajstić information content (AvgIpc) is 3.06. The van der Waals surface area contributed by atoms with E-state index in [1.54, 1.807) is 0 Å². The fraction of sp³-hybridized carbons (Fsp3) is 0.450. The maximum Gasteiger partial charge on any atom is 0.227 e. The van der Waals surface area contributed by atoms with Gasteiger partial charge in [-0.25, -0.2) is 19.6 Å². The van der Waals surface area contributed by atoms with Crippen LogP contribution in [0.3, 0.4) is 0 Å². The maximum atomic E-state index is 4.67. The molecule has 4 heterocycles. The molecule has 0 atom stereocenters. The van der Waals surface area contributed by atoms with Crippen molar-refractivity contribution < 1.29 is 0 Å². The molecule has 0 aliphatic carbocycles. The van der Waals surface area contributed by atoms with Gasteiger partial charge in [0.25, 0.3) is 0 Å². The second-order valence-corrected chi connectivity index (χ2v) is 7.55.